The van der Waals surface area contributed by atoms with Gasteiger partial charge in [0.1, 0.15) is 30.3 Å². The van der Waals surface area contributed by atoms with Gasteiger partial charge in [0.2, 0.25) is 5.82 Å². The normalized spacial score (nSPS) is 17.6. The molecule has 2 atom stereocenters. The van der Waals surface area contributed by atoms with Crippen LogP contribution in [-0.4, -0.2) is 42.5 Å². The van der Waals surface area contributed by atoms with E-state index in [4.69, 9.17) is 21.4 Å². The van der Waals surface area contributed by atoms with E-state index >= 15 is 0 Å². The van der Waals surface area contributed by atoms with Crippen LogP contribution in [0.2, 0.25) is 5.02 Å². The first-order valence-corrected chi connectivity index (χ1v) is 10.8. The highest BCUT2D eigenvalue weighted by atomic mass is 35.5. The molecule has 1 aliphatic rings. The Bertz CT molecular complexity index is 1350. The van der Waals surface area contributed by atoms with Crippen molar-refractivity contribution < 1.29 is 23.4 Å². The standard InChI is InChI=1S/C23H17ClF2N6O3/c24-15-2-5-19(6-3-15)32-21(14-7-16(25)9-17(26)8-14)20(35-23(32)34)11-31-29-22(28-30-31)13-1-4-18(12-33)27-10-13/h1-10,20-21,33H,11-12H2/t20-,21-/m0/s1. The number of halogens is 3. The molecule has 5 rings (SSSR count). The van der Waals surface area contributed by atoms with Crippen molar-refractivity contribution in [1.82, 2.24) is 25.2 Å². The highest BCUT2D eigenvalue weighted by Crippen LogP contribution is 2.39. The van der Waals surface area contributed by atoms with E-state index in [0.29, 0.717) is 22.0 Å². The molecule has 9 nitrogen and oxygen atoms in total. The number of anilines is 1. The molecule has 0 radical (unpaired) electrons. The zero-order valence-corrected chi connectivity index (χ0v) is 18.7. The number of pyridine rings is 1. The number of amides is 1. The van der Waals surface area contributed by atoms with E-state index in [9.17, 15) is 13.6 Å². The largest absolute Gasteiger partial charge is 0.441 e. The number of nitrogens with zero attached hydrogens (tertiary/aromatic N) is 6. The summed E-state index contributed by atoms with van der Waals surface area (Å²) in [4.78, 5) is 19.5. The number of aliphatic hydroxyl groups is 1. The van der Waals surface area contributed by atoms with Gasteiger partial charge in [0.25, 0.3) is 0 Å². The number of carbonyl (C=O) groups excluding carboxylic acids is 1. The monoisotopic (exact) mass is 498 g/mol. The maximum Gasteiger partial charge on any atom is 0.415 e. The molecule has 12 heteroatoms. The third-order valence-electron chi connectivity index (χ3n) is 5.45. The highest BCUT2D eigenvalue weighted by Gasteiger charge is 2.44. The van der Waals surface area contributed by atoms with Gasteiger partial charge in [-0.25, -0.2) is 13.6 Å². The second-order valence-electron chi connectivity index (χ2n) is 7.78. The Morgan fingerprint density at radius 1 is 1.06 bits per heavy atom. The van der Waals surface area contributed by atoms with Crippen LogP contribution in [0.4, 0.5) is 19.3 Å². The summed E-state index contributed by atoms with van der Waals surface area (Å²) < 4.78 is 33.8. The van der Waals surface area contributed by atoms with Gasteiger partial charge in [0.15, 0.2) is 0 Å². The Kier molecular flexibility index (Phi) is 6.10. The molecular formula is C23H17ClF2N6O3. The third-order valence-corrected chi connectivity index (χ3v) is 5.70. The minimum Gasteiger partial charge on any atom is -0.441 e. The number of aromatic nitrogens is 5. The summed E-state index contributed by atoms with van der Waals surface area (Å²) in [5.74, 6) is -1.29. The summed E-state index contributed by atoms with van der Waals surface area (Å²) in [5, 5.41) is 21.9. The smallest absolute Gasteiger partial charge is 0.415 e. The molecule has 178 valence electrons. The molecule has 1 fully saturated rings. The van der Waals surface area contributed by atoms with Crippen molar-refractivity contribution in [1.29, 1.82) is 0 Å². The number of carbonyl (C=O) groups is 1. The van der Waals surface area contributed by atoms with E-state index in [1.165, 1.54) is 15.9 Å². The third kappa shape index (κ3) is 4.68. The molecule has 1 aliphatic heterocycles. The predicted octanol–water partition coefficient (Wildman–Crippen LogP) is 3.93. The van der Waals surface area contributed by atoms with E-state index in [0.717, 1.165) is 18.2 Å². The van der Waals surface area contributed by atoms with Crippen LogP contribution in [0.15, 0.2) is 60.8 Å². The number of aliphatic hydroxyl groups excluding tert-OH is 1. The van der Waals surface area contributed by atoms with Crippen LogP contribution in [0.25, 0.3) is 11.4 Å². The molecule has 2 aromatic carbocycles. The second-order valence-corrected chi connectivity index (χ2v) is 8.22. The number of cyclic esters (lactones) is 1. The Hall–Kier alpha value is -3.96. The molecule has 0 saturated carbocycles. The molecule has 35 heavy (non-hydrogen) atoms. The number of hydrogen-bond donors (Lipinski definition) is 1. The summed E-state index contributed by atoms with van der Waals surface area (Å²) >= 11 is 5.98. The molecule has 0 spiro atoms. The van der Waals surface area contributed by atoms with Crippen molar-refractivity contribution in [2.24, 2.45) is 0 Å². The lowest BCUT2D eigenvalue weighted by molar-refractivity contribution is 0.114. The molecule has 1 N–H and O–H groups in total. The molecule has 2 aromatic heterocycles. The Morgan fingerprint density at radius 3 is 2.46 bits per heavy atom. The van der Waals surface area contributed by atoms with Crippen LogP contribution in [0, 0.1) is 11.6 Å². The van der Waals surface area contributed by atoms with Gasteiger partial charge < -0.3 is 9.84 Å². The maximum absolute atomic E-state index is 14.1. The minimum absolute atomic E-state index is 0.0339. The summed E-state index contributed by atoms with van der Waals surface area (Å²) in [6.07, 6.45) is -0.0873. The lowest BCUT2D eigenvalue weighted by Crippen LogP contribution is -2.31. The van der Waals surface area contributed by atoms with E-state index < -0.39 is 29.9 Å². The topological polar surface area (TPSA) is 106 Å². The van der Waals surface area contributed by atoms with Gasteiger partial charge in [-0.15, -0.1) is 10.2 Å². The van der Waals surface area contributed by atoms with Crippen LogP contribution >= 0.6 is 11.6 Å². The van der Waals surface area contributed by atoms with E-state index in [2.05, 4.69) is 20.4 Å². The first kappa shape index (κ1) is 22.8. The summed E-state index contributed by atoms with van der Waals surface area (Å²) in [6, 6.07) is 11.9. The SMILES string of the molecule is O=C1O[C@@H](Cn2nnc(-c3ccc(CO)nc3)n2)[C@H](c2cc(F)cc(F)c2)N1c1ccc(Cl)cc1. The number of benzene rings is 2. The van der Waals surface area contributed by atoms with E-state index in [1.807, 2.05) is 0 Å². The van der Waals surface area contributed by atoms with Crippen LogP contribution in [0.3, 0.4) is 0 Å². The molecule has 0 unspecified atom stereocenters. The predicted molar refractivity (Wildman–Crippen MR) is 120 cm³/mol. The fraction of sp³-hybridized carbons (Fsp3) is 0.174. The van der Waals surface area contributed by atoms with Gasteiger partial charge in [-0.3, -0.25) is 9.88 Å². The lowest BCUT2D eigenvalue weighted by atomic mass is 9.99. The Balaban J connectivity index is 1.48. The molecule has 4 aromatic rings. The van der Waals surface area contributed by atoms with Gasteiger partial charge >= 0.3 is 6.09 Å². The average Bonchev–Trinajstić information content (AvgIpc) is 3.43. The van der Waals surface area contributed by atoms with Gasteiger partial charge in [0.05, 0.1) is 12.3 Å². The van der Waals surface area contributed by atoms with Crippen molar-refractivity contribution in [3.63, 3.8) is 0 Å². The molecule has 0 bridgehead atoms. The fourth-order valence-corrected chi connectivity index (χ4v) is 4.02. The first-order valence-electron chi connectivity index (χ1n) is 10.5. The van der Waals surface area contributed by atoms with Gasteiger partial charge in [0, 0.05) is 28.5 Å². The number of hydrogen-bond acceptors (Lipinski definition) is 7. The summed E-state index contributed by atoms with van der Waals surface area (Å²) in [5.41, 5.74) is 1.71. The average molecular weight is 499 g/mol. The van der Waals surface area contributed by atoms with Crippen LogP contribution in [0.1, 0.15) is 17.3 Å². The first-order chi connectivity index (χ1) is 16.9. The van der Waals surface area contributed by atoms with Crippen LogP contribution in [0.5, 0.6) is 0 Å². The second kappa shape index (κ2) is 9.35. The fourth-order valence-electron chi connectivity index (χ4n) is 3.89. The molecule has 0 aliphatic carbocycles. The molecule has 1 amide bonds. The van der Waals surface area contributed by atoms with Gasteiger partial charge in [-0.2, -0.15) is 4.80 Å². The zero-order chi connectivity index (χ0) is 24.5. The summed E-state index contributed by atoms with van der Waals surface area (Å²) in [6.45, 7) is -0.229. The Labute approximate surface area is 202 Å². The van der Waals surface area contributed by atoms with Crippen molar-refractivity contribution in [3.8, 4) is 11.4 Å². The highest BCUT2D eigenvalue weighted by molar-refractivity contribution is 6.30. The van der Waals surface area contributed by atoms with E-state index in [-0.39, 0.29) is 24.5 Å². The molecular weight excluding hydrogens is 482 g/mol. The van der Waals surface area contributed by atoms with Crippen LogP contribution in [-0.2, 0) is 17.9 Å². The number of ether oxygens (including phenoxy) is 1. The quantitative estimate of drug-likeness (QED) is 0.429. The number of rotatable bonds is 6. The number of tetrazole rings is 1. The van der Waals surface area contributed by atoms with Crippen LogP contribution < -0.4 is 4.90 Å². The minimum atomic E-state index is -0.892. The van der Waals surface area contributed by atoms with E-state index in [1.54, 1.807) is 36.4 Å². The van der Waals surface area contributed by atoms with Crippen molar-refractivity contribution in [2.75, 3.05) is 4.90 Å². The van der Waals surface area contributed by atoms with Gasteiger partial charge in [-0.05, 0) is 59.3 Å². The van der Waals surface area contributed by atoms with Crippen molar-refractivity contribution in [3.05, 3.63) is 88.7 Å². The lowest BCUT2D eigenvalue weighted by Gasteiger charge is -2.25. The molecule has 1 saturated heterocycles. The van der Waals surface area contributed by atoms with Gasteiger partial charge in [-0.1, -0.05) is 11.6 Å². The summed E-state index contributed by atoms with van der Waals surface area (Å²) in [7, 11) is 0. The van der Waals surface area contributed by atoms with Crippen molar-refractivity contribution in [2.45, 2.75) is 25.3 Å². The molecule has 3 heterocycles. The maximum atomic E-state index is 14.1. The Morgan fingerprint density at radius 2 is 1.80 bits per heavy atom. The zero-order valence-electron chi connectivity index (χ0n) is 17.9. The van der Waals surface area contributed by atoms with Crippen molar-refractivity contribution >= 4 is 23.4 Å².